The molecule has 0 aliphatic carbocycles. The second kappa shape index (κ2) is 9.40. The minimum atomic E-state index is -3.51. The number of aryl methyl sites for hydroxylation is 2. The predicted octanol–water partition coefficient (Wildman–Crippen LogP) is 4.63. The third kappa shape index (κ3) is 5.46. The molecular weight excluding hydrogens is 420 g/mol. The lowest BCUT2D eigenvalue weighted by atomic mass is 10.1. The highest BCUT2D eigenvalue weighted by molar-refractivity contribution is 7.91. The summed E-state index contributed by atoms with van der Waals surface area (Å²) in [6.07, 6.45) is -0.132. The Kier molecular flexibility index (Phi) is 6.89. The van der Waals surface area contributed by atoms with Gasteiger partial charge in [-0.2, -0.15) is 0 Å². The van der Waals surface area contributed by atoms with Crippen LogP contribution >= 0.6 is 11.3 Å². The Morgan fingerprint density at radius 1 is 1.07 bits per heavy atom. The molecule has 0 fully saturated rings. The monoisotopic (exact) mass is 444 g/mol. The molecule has 6 nitrogen and oxygen atoms in total. The van der Waals surface area contributed by atoms with E-state index in [0.29, 0.717) is 11.7 Å². The van der Waals surface area contributed by atoms with E-state index in [4.69, 9.17) is 4.74 Å². The van der Waals surface area contributed by atoms with Crippen molar-refractivity contribution >= 4 is 32.2 Å². The van der Waals surface area contributed by atoms with Crippen LogP contribution in [0.15, 0.2) is 53.4 Å². The van der Waals surface area contributed by atoms with Crippen LogP contribution in [0.2, 0.25) is 0 Å². The molecule has 1 aromatic heterocycles. The normalized spacial score (nSPS) is 11.3. The number of sulfone groups is 1. The number of amides is 1. The van der Waals surface area contributed by atoms with Gasteiger partial charge in [-0.1, -0.05) is 17.7 Å². The van der Waals surface area contributed by atoms with E-state index in [1.807, 2.05) is 45.0 Å². The maximum Gasteiger partial charge on any atom is 0.227 e. The van der Waals surface area contributed by atoms with Crippen LogP contribution in [-0.4, -0.2) is 31.7 Å². The Labute approximate surface area is 180 Å². The molecule has 0 bridgehead atoms. The molecular formula is C22H24N2O4S2. The van der Waals surface area contributed by atoms with E-state index in [1.165, 1.54) is 11.3 Å². The van der Waals surface area contributed by atoms with Crippen molar-refractivity contribution in [2.24, 2.45) is 0 Å². The average Bonchev–Trinajstić information content (AvgIpc) is 3.07. The summed E-state index contributed by atoms with van der Waals surface area (Å²) in [6, 6.07) is 14.2. The van der Waals surface area contributed by atoms with Gasteiger partial charge in [0.2, 0.25) is 5.91 Å². The topological polar surface area (TPSA) is 85.4 Å². The van der Waals surface area contributed by atoms with Gasteiger partial charge in [-0.05, 0) is 57.2 Å². The van der Waals surface area contributed by atoms with Gasteiger partial charge in [0.05, 0.1) is 22.9 Å². The second-order valence-electron chi connectivity index (χ2n) is 6.81. The van der Waals surface area contributed by atoms with Crippen molar-refractivity contribution < 1.29 is 17.9 Å². The molecule has 0 atom stereocenters. The van der Waals surface area contributed by atoms with Crippen molar-refractivity contribution in [3.8, 4) is 17.0 Å². The SMILES string of the molecule is CCOc1ccc(-c2nc(NC(=O)CCS(=O)(=O)c3ccc(C)cc3)sc2C)cc1. The molecule has 30 heavy (non-hydrogen) atoms. The highest BCUT2D eigenvalue weighted by Crippen LogP contribution is 2.31. The Morgan fingerprint density at radius 2 is 1.73 bits per heavy atom. The van der Waals surface area contributed by atoms with Crippen LogP contribution in [0.4, 0.5) is 5.13 Å². The lowest BCUT2D eigenvalue weighted by molar-refractivity contribution is -0.115. The van der Waals surface area contributed by atoms with Crippen LogP contribution in [0.25, 0.3) is 11.3 Å². The molecule has 2 aromatic carbocycles. The maximum absolute atomic E-state index is 12.4. The summed E-state index contributed by atoms with van der Waals surface area (Å²) in [4.78, 5) is 18.0. The van der Waals surface area contributed by atoms with Crippen molar-refractivity contribution in [2.45, 2.75) is 32.1 Å². The first-order valence-electron chi connectivity index (χ1n) is 9.58. The number of aromatic nitrogens is 1. The molecule has 1 N–H and O–H groups in total. The maximum atomic E-state index is 12.4. The van der Waals surface area contributed by atoms with Gasteiger partial charge < -0.3 is 10.1 Å². The minimum Gasteiger partial charge on any atom is -0.494 e. The number of rotatable bonds is 8. The zero-order chi connectivity index (χ0) is 21.7. The van der Waals surface area contributed by atoms with Gasteiger partial charge in [-0.15, -0.1) is 11.3 Å². The summed E-state index contributed by atoms with van der Waals surface area (Å²) >= 11 is 1.36. The van der Waals surface area contributed by atoms with Crippen molar-refractivity contribution in [1.82, 2.24) is 4.98 Å². The summed E-state index contributed by atoms with van der Waals surface area (Å²) < 4.78 is 30.3. The summed E-state index contributed by atoms with van der Waals surface area (Å²) in [6.45, 7) is 6.35. The van der Waals surface area contributed by atoms with E-state index >= 15 is 0 Å². The van der Waals surface area contributed by atoms with Gasteiger partial charge in [-0.3, -0.25) is 4.79 Å². The van der Waals surface area contributed by atoms with Crippen molar-refractivity contribution in [1.29, 1.82) is 0 Å². The number of carbonyl (C=O) groups excluding carboxylic acids is 1. The highest BCUT2D eigenvalue weighted by atomic mass is 32.2. The van der Waals surface area contributed by atoms with Crippen molar-refractivity contribution in [3.63, 3.8) is 0 Å². The van der Waals surface area contributed by atoms with Gasteiger partial charge >= 0.3 is 0 Å². The quantitative estimate of drug-likeness (QED) is 0.548. The predicted molar refractivity (Wildman–Crippen MR) is 120 cm³/mol. The first-order valence-corrected chi connectivity index (χ1v) is 12.1. The number of nitrogens with one attached hydrogen (secondary N) is 1. The largest absolute Gasteiger partial charge is 0.494 e. The second-order valence-corrected chi connectivity index (χ2v) is 10.1. The Balaban J connectivity index is 1.63. The molecule has 0 saturated carbocycles. The summed E-state index contributed by atoms with van der Waals surface area (Å²) in [5.74, 6) is 0.160. The molecule has 0 unspecified atom stereocenters. The van der Waals surface area contributed by atoms with E-state index in [-0.39, 0.29) is 23.0 Å². The van der Waals surface area contributed by atoms with Gasteiger partial charge in [0.25, 0.3) is 0 Å². The number of ether oxygens (including phenoxy) is 1. The van der Waals surface area contributed by atoms with Gasteiger partial charge in [0.15, 0.2) is 15.0 Å². The Morgan fingerprint density at radius 3 is 2.37 bits per heavy atom. The number of hydrogen-bond donors (Lipinski definition) is 1. The summed E-state index contributed by atoms with van der Waals surface area (Å²) in [5, 5.41) is 3.17. The van der Waals surface area contributed by atoms with Crippen LogP contribution in [-0.2, 0) is 14.6 Å². The summed E-state index contributed by atoms with van der Waals surface area (Å²) in [5.41, 5.74) is 2.69. The van der Waals surface area contributed by atoms with Crippen molar-refractivity contribution in [2.75, 3.05) is 17.7 Å². The zero-order valence-electron chi connectivity index (χ0n) is 17.1. The molecule has 3 aromatic rings. The fourth-order valence-corrected chi connectivity index (χ4v) is 4.96. The smallest absolute Gasteiger partial charge is 0.227 e. The average molecular weight is 445 g/mol. The van der Waals surface area contributed by atoms with E-state index in [1.54, 1.807) is 24.3 Å². The summed E-state index contributed by atoms with van der Waals surface area (Å²) in [7, 11) is -3.51. The Bertz CT molecular complexity index is 1120. The molecule has 3 rings (SSSR count). The third-order valence-corrected chi connectivity index (χ3v) is 7.08. The molecule has 0 aliphatic heterocycles. The molecule has 0 aliphatic rings. The van der Waals surface area contributed by atoms with Crippen molar-refractivity contribution in [3.05, 3.63) is 59.0 Å². The van der Waals surface area contributed by atoms with Gasteiger partial charge in [0, 0.05) is 16.9 Å². The van der Waals surface area contributed by atoms with Crippen LogP contribution in [0.5, 0.6) is 5.75 Å². The number of nitrogens with zero attached hydrogens (tertiary/aromatic N) is 1. The van der Waals surface area contributed by atoms with E-state index < -0.39 is 9.84 Å². The molecule has 158 valence electrons. The number of hydrogen-bond acceptors (Lipinski definition) is 6. The standard InChI is InChI=1S/C22H24N2O4S2/c1-4-28-18-9-7-17(8-10-18)21-16(3)29-22(24-21)23-20(25)13-14-30(26,27)19-11-5-15(2)6-12-19/h5-12H,4,13-14H2,1-3H3,(H,23,24,25). The van der Waals surface area contributed by atoms with Crippen LogP contribution in [0.3, 0.4) is 0 Å². The fraction of sp³-hybridized carbons (Fsp3) is 0.273. The first kappa shape index (κ1) is 22.0. The van der Waals surface area contributed by atoms with Crippen LogP contribution in [0, 0.1) is 13.8 Å². The lowest BCUT2D eigenvalue weighted by Gasteiger charge is -2.05. The molecule has 0 radical (unpaired) electrons. The first-order chi connectivity index (χ1) is 14.3. The van der Waals surface area contributed by atoms with Crippen LogP contribution < -0.4 is 10.1 Å². The highest BCUT2D eigenvalue weighted by Gasteiger charge is 2.18. The fourth-order valence-electron chi connectivity index (χ4n) is 2.87. The number of thiazole rings is 1. The molecule has 0 spiro atoms. The van der Waals surface area contributed by atoms with Gasteiger partial charge in [0.1, 0.15) is 5.75 Å². The van der Waals surface area contributed by atoms with E-state index in [2.05, 4.69) is 10.3 Å². The molecule has 1 amide bonds. The number of carbonyl (C=O) groups is 1. The van der Waals surface area contributed by atoms with E-state index in [0.717, 1.165) is 27.4 Å². The minimum absolute atomic E-state index is 0.132. The number of anilines is 1. The van der Waals surface area contributed by atoms with Gasteiger partial charge in [-0.25, -0.2) is 13.4 Å². The molecule has 1 heterocycles. The van der Waals surface area contributed by atoms with E-state index in [9.17, 15) is 13.2 Å². The number of benzene rings is 2. The van der Waals surface area contributed by atoms with Crippen LogP contribution in [0.1, 0.15) is 23.8 Å². The Hall–Kier alpha value is -2.71. The third-order valence-electron chi connectivity index (χ3n) is 4.46. The molecule has 8 heteroatoms. The molecule has 0 saturated heterocycles. The lowest BCUT2D eigenvalue weighted by Crippen LogP contribution is -2.17. The zero-order valence-corrected chi connectivity index (χ0v) is 18.8.